The van der Waals surface area contributed by atoms with Gasteiger partial charge in [-0.3, -0.25) is 0 Å². The van der Waals surface area contributed by atoms with Gasteiger partial charge >= 0.3 is 0 Å². The van der Waals surface area contributed by atoms with Crippen molar-refractivity contribution >= 4 is 15.5 Å². The number of ether oxygens (including phenoxy) is 1. The van der Waals surface area contributed by atoms with Crippen LogP contribution in [-0.4, -0.2) is 34.4 Å². The molecule has 2 atom stereocenters. The minimum Gasteiger partial charge on any atom is -0.851 e. The van der Waals surface area contributed by atoms with Gasteiger partial charge in [-0.05, 0) is 65.6 Å². The average Bonchev–Trinajstić information content (AvgIpc) is 3.01. The number of nitrogens with zero attached hydrogens (tertiary/aromatic N) is 2. The lowest BCUT2D eigenvalue weighted by atomic mass is 9.68. The third kappa shape index (κ3) is 6.52. The molecular weight excluding hydrogens is 520 g/mol. The van der Waals surface area contributed by atoms with Crippen LogP contribution in [0.3, 0.4) is 0 Å². The maximum Gasteiger partial charge on any atom is 0.179 e. The van der Waals surface area contributed by atoms with Gasteiger partial charge in [-0.2, -0.15) is 0 Å². The predicted molar refractivity (Wildman–Crippen MR) is 158 cm³/mol. The van der Waals surface area contributed by atoms with E-state index in [-0.39, 0.29) is 5.75 Å². The minimum absolute atomic E-state index is 0.0883. The lowest BCUT2D eigenvalue weighted by molar-refractivity contribution is -0.671. The Morgan fingerprint density at radius 3 is 2.17 bits per heavy atom. The molecule has 1 aliphatic heterocycles. The van der Waals surface area contributed by atoms with E-state index in [0.29, 0.717) is 35.7 Å². The van der Waals surface area contributed by atoms with Crippen molar-refractivity contribution in [1.82, 2.24) is 0 Å². The summed E-state index contributed by atoms with van der Waals surface area (Å²) in [7, 11) is 2.18. The van der Waals surface area contributed by atoms with Crippen molar-refractivity contribution in [3.05, 3.63) is 83.7 Å². The number of rotatable bonds is 11. The molecule has 0 N–H and O–H groups in total. The molecule has 1 aliphatic rings. The zero-order valence-corrected chi connectivity index (χ0v) is 25.4. The summed E-state index contributed by atoms with van der Waals surface area (Å²) in [6, 6.07) is 17.2. The molecule has 6 nitrogen and oxygen atoms in total. The van der Waals surface area contributed by atoms with Crippen LogP contribution in [0.25, 0.3) is 0 Å². The smallest absolute Gasteiger partial charge is 0.179 e. The van der Waals surface area contributed by atoms with E-state index in [0.717, 1.165) is 42.5 Å². The van der Waals surface area contributed by atoms with E-state index in [4.69, 9.17) is 4.74 Å². The summed E-state index contributed by atoms with van der Waals surface area (Å²) in [5, 5.41) is 14.8. The van der Waals surface area contributed by atoms with Crippen molar-refractivity contribution < 1.29 is 22.8 Å². The van der Waals surface area contributed by atoms with Gasteiger partial charge in [-0.1, -0.05) is 51.7 Å². The Morgan fingerprint density at radius 2 is 1.60 bits per heavy atom. The van der Waals surface area contributed by atoms with E-state index < -0.39 is 27.3 Å². The Morgan fingerprint density at radius 1 is 0.975 bits per heavy atom. The summed E-state index contributed by atoms with van der Waals surface area (Å²) in [6.07, 6.45) is 7.66. The van der Waals surface area contributed by atoms with Gasteiger partial charge in [0.15, 0.2) is 22.2 Å². The average molecular weight is 565 g/mol. The highest BCUT2D eigenvalue weighted by molar-refractivity contribution is 7.91. The lowest BCUT2D eigenvalue weighted by Gasteiger charge is -2.48. The number of fused-ring (bicyclic) bond motifs is 1. The molecule has 0 spiro atoms. The first-order valence-corrected chi connectivity index (χ1v) is 16.1. The second-order valence-electron chi connectivity index (χ2n) is 11.6. The van der Waals surface area contributed by atoms with Gasteiger partial charge in [0.2, 0.25) is 0 Å². The Hall–Kier alpha value is -2.90. The van der Waals surface area contributed by atoms with Gasteiger partial charge in [-0.25, -0.2) is 13.0 Å². The second-order valence-corrected chi connectivity index (χ2v) is 13.5. The van der Waals surface area contributed by atoms with Crippen molar-refractivity contribution in [3.63, 3.8) is 0 Å². The predicted octanol–water partition coefficient (Wildman–Crippen LogP) is 5.17. The van der Waals surface area contributed by atoms with Crippen molar-refractivity contribution in [2.24, 2.45) is 12.5 Å². The normalized spacial score (nSPS) is 19.4. The molecule has 2 heterocycles. The van der Waals surface area contributed by atoms with Crippen LogP contribution in [0.4, 0.5) is 5.69 Å². The summed E-state index contributed by atoms with van der Waals surface area (Å²) >= 11 is 0. The van der Waals surface area contributed by atoms with Crippen LogP contribution < -0.4 is 19.3 Å². The fraction of sp³-hybridized carbons (Fsp3) is 0.485. The summed E-state index contributed by atoms with van der Waals surface area (Å²) < 4.78 is 35.9. The molecule has 1 aromatic heterocycles. The van der Waals surface area contributed by atoms with E-state index in [1.807, 2.05) is 91.5 Å². The number of hydrogen-bond donors (Lipinski definition) is 0. The van der Waals surface area contributed by atoms with Gasteiger partial charge in [0, 0.05) is 37.5 Å². The third-order valence-corrected chi connectivity index (χ3v) is 10.3. The minimum atomic E-state index is -3.66. The van der Waals surface area contributed by atoms with E-state index in [1.54, 1.807) is 6.07 Å². The number of hydrogen-bond acceptors (Lipinski definition) is 5. The quantitative estimate of drug-likeness (QED) is 0.301. The first-order valence-electron chi connectivity index (χ1n) is 14.5. The second kappa shape index (κ2) is 12.7. The Labute approximate surface area is 240 Å². The molecule has 3 aromatic rings. The van der Waals surface area contributed by atoms with Crippen LogP contribution in [-0.2, 0) is 23.5 Å². The molecule has 216 valence electrons. The molecule has 0 unspecified atom stereocenters. The van der Waals surface area contributed by atoms with E-state index in [2.05, 4.69) is 13.8 Å². The van der Waals surface area contributed by atoms with Crippen LogP contribution in [0.5, 0.6) is 5.75 Å². The lowest BCUT2D eigenvalue weighted by Crippen LogP contribution is -2.50. The molecule has 0 amide bonds. The third-order valence-electron chi connectivity index (χ3n) is 8.31. The van der Waals surface area contributed by atoms with Crippen LogP contribution in [0, 0.1) is 5.41 Å². The first-order chi connectivity index (χ1) is 19.1. The molecular formula is C33H44N2O4S. The van der Waals surface area contributed by atoms with Crippen molar-refractivity contribution in [3.8, 4) is 5.75 Å². The summed E-state index contributed by atoms with van der Waals surface area (Å²) in [4.78, 5) is 2.26. The van der Waals surface area contributed by atoms with Gasteiger partial charge < -0.3 is 14.7 Å². The topological polar surface area (TPSA) is 73.5 Å². The largest absolute Gasteiger partial charge is 0.851 e. The number of aromatic nitrogens is 1. The fourth-order valence-corrected chi connectivity index (χ4v) is 8.11. The van der Waals surface area contributed by atoms with E-state index >= 15 is 0 Å². The molecule has 40 heavy (non-hydrogen) atoms. The number of aryl methyl sites for hydroxylation is 1. The van der Waals surface area contributed by atoms with Crippen molar-refractivity contribution in [2.45, 2.75) is 75.9 Å². The van der Waals surface area contributed by atoms with Crippen LogP contribution in [0.2, 0.25) is 0 Å². The molecule has 0 fully saturated rings. The molecule has 4 rings (SSSR count). The fourth-order valence-electron chi connectivity index (χ4n) is 5.93. The SMILES string of the molecule is CCCCC1(CCCC)CS(=O)(=O)c2ccc(N(C)C)cc2[C@@H](c2ccc(OCc3cc[n+](C)cc3)cc2)[C@H]1[O-]. The first kappa shape index (κ1) is 30.1. The highest BCUT2D eigenvalue weighted by atomic mass is 32.2. The Kier molecular flexibility index (Phi) is 9.57. The van der Waals surface area contributed by atoms with Gasteiger partial charge in [-0.15, -0.1) is 6.10 Å². The number of anilines is 1. The highest BCUT2D eigenvalue weighted by Crippen LogP contribution is 2.49. The van der Waals surface area contributed by atoms with Crippen LogP contribution >= 0.6 is 0 Å². The van der Waals surface area contributed by atoms with Crippen molar-refractivity contribution in [2.75, 3.05) is 24.7 Å². The Bertz CT molecular complexity index is 1360. The summed E-state index contributed by atoms with van der Waals surface area (Å²) in [5.74, 6) is 0.0462. The maximum absolute atomic E-state index is 14.8. The van der Waals surface area contributed by atoms with Crippen molar-refractivity contribution in [1.29, 1.82) is 0 Å². The van der Waals surface area contributed by atoms with Crippen LogP contribution in [0.1, 0.15) is 75.0 Å². The molecule has 0 aliphatic carbocycles. The van der Waals surface area contributed by atoms with E-state index in [1.165, 1.54) is 0 Å². The number of unbranched alkanes of at least 4 members (excludes halogenated alkanes) is 2. The van der Waals surface area contributed by atoms with Gasteiger partial charge in [0.05, 0.1) is 10.6 Å². The zero-order chi connectivity index (χ0) is 28.9. The highest BCUT2D eigenvalue weighted by Gasteiger charge is 2.45. The summed E-state index contributed by atoms with van der Waals surface area (Å²) in [5.41, 5.74) is 2.58. The molecule has 0 saturated carbocycles. The molecule has 7 heteroatoms. The monoisotopic (exact) mass is 564 g/mol. The van der Waals surface area contributed by atoms with E-state index in [9.17, 15) is 13.5 Å². The molecule has 0 bridgehead atoms. The zero-order valence-electron chi connectivity index (χ0n) is 24.6. The molecule has 0 radical (unpaired) electrons. The maximum atomic E-state index is 14.8. The van der Waals surface area contributed by atoms with Gasteiger partial charge in [0.1, 0.15) is 19.4 Å². The number of pyridine rings is 1. The van der Waals surface area contributed by atoms with Crippen LogP contribution in [0.15, 0.2) is 71.9 Å². The number of benzene rings is 2. The van der Waals surface area contributed by atoms with Gasteiger partial charge in [0.25, 0.3) is 0 Å². The Balaban J connectivity index is 1.78. The summed E-state index contributed by atoms with van der Waals surface area (Å²) in [6.45, 7) is 4.64. The molecule has 0 saturated heterocycles. The molecule has 2 aromatic carbocycles. The number of sulfone groups is 1. The standard InChI is InChI=1S/C33H44N2O4S/c1-6-8-18-33(19-9-7-2)24-40(37,38)30-15-12-27(34(3)4)22-29(30)31(32(33)36)26-10-13-28(14-11-26)39-23-25-16-20-35(5)21-17-25/h10-17,20-22,31-32H,6-9,18-19,23-24H2,1-5H3/t31-,32-/m1/s1.